The van der Waals surface area contributed by atoms with Crippen molar-refractivity contribution in [2.45, 2.75) is 32.0 Å². The summed E-state index contributed by atoms with van der Waals surface area (Å²) in [6.45, 7) is 0.147. The minimum atomic E-state index is -4.34. The molecule has 30 heavy (non-hydrogen) atoms. The van der Waals surface area contributed by atoms with Crippen LogP contribution in [0.5, 0.6) is 0 Å². The lowest BCUT2D eigenvalue weighted by molar-refractivity contribution is -0.121. The van der Waals surface area contributed by atoms with E-state index in [-0.39, 0.29) is 37.1 Å². The number of hydrogen-bond donors (Lipinski definition) is 6. The molecule has 0 saturated carbocycles. The van der Waals surface area contributed by atoms with E-state index < -0.39 is 25.3 Å². The lowest BCUT2D eigenvalue weighted by atomic mass is 10.1. The van der Waals surface area contributed by atoms with Crippen LogP contribution in [0.25, 0.3) is 11.2 Å². The van der Waals surface area contributed by atoms with E-state index in [2.05, 4.69) is 20.3 Å². The number of likely N-dealkylation sites (N-methyl/N-ethyl adjacent to an activating group) is 1. The van der Waals surface area contributed by atoms with Gasteiger partial charge in [0.15, 0.2) is 11.2 Å². The van der Waals surface area contributed by atoms with Crippen LogP contribution in [0.1, 0.15) is 19.3 Å². The average Bonchev–Trinajstić information content (AvgIpc) is 3.07. The standard InChI is InChI=1S/C15H27N8O6P/c1-18-10(4-2-3-5-16)13(24)22-30(26,27)29-7-6-28-9-23-8-19-11-12(23)20-15(17)21-14(11)25/h8,10,18H,2-7,9,16H2,1H3,(H3,17,20,21,25)(H2,22,24,26,27). The highest BCUT2D eigenvalue weighted by molar-refractivity contribution is 7.51. The van der Waals surface area contributed by atoms with E-state index in [0.717, 1.165) is 6.42 Å². The summed E-state index contributed by atoms with van der Waals surface area (Å²) in [6.07, 6.45) is 3.28. The fraction of sp³-hybridized carbons (Fsp3) is 0.600. The third-order valence-corrected chi connectivity index (χ3v) is 5.12. The second-order valence-corrected chi connectivity index (χ2v) is 7.85. The van der Waals surface area contributed by atoms with Gasteiger partial charge in [-0.3, -0.25) is 28.8 Å². The van der Waals surface area contributed by atoms with E-state index in [1.165, 1.54) is 10.9 Å². The normalized spacial score (nSPS) is 14.5. The van der Waals surface area contributed by atoms with E-state index in [1.807, 2.05) is 5.09 Å². The molecule has 8 N–H and O–H groups in total. The number of H-pyrrole nitrogens is 1. The van der Waals surface area contributed by atoms with Gasteiger partial charge in [0.1, 0.15) is 6.73 Å². The molecule has 15 heteroatoms. The van der Waals surface area contributed by atoms with Crippen LogP contribution in [-0.2, 0) is 25.4 Å². The van der Waals surface area contributed by atoms with Crippen molar-refractivity contribution < 1.29 is 23.5 Å². The van der Waals surface area contributed by atoms with Crippen molar-refractivity contribution in [1.82, 2.24) is 29.9 Å². The molecule has 2 atom stereocenters. The van der Waals surface area contributed by atoms with Crippen molar-refractivity contribution in [2.75, 3.05) is 32.5 Å². The number of nitrogens with zero attached hydrogens (tertiary/aromatic N) is 3. The smallest absolute Gasteiger partial charge is 0.369 e. The number of anilines is 1. The number of aromatic amines is 1. The maximum atomic E-state index is 12.1. The molecule has 0 saturated heterocycles. The summed E-state index contributed by atoms with van der Waals surface area (Å²) in [6, 6.07) is -0.630. The second kappa shape index (κ2) is 11.2. The second-order valence-electron chi connectivity index (χ2n) is 6.33. The fourth-order valence-electron chi connectivity index (χ4n) is 2.60. The molecule has 0 radical (unpaired) electrons. The number of aromatic nitrogens is 4. The third-order valence-electron chi connectivity index (χ3n) is 4.08. The van der Waals surface area contributed by atoms with Crippen molar-refractivity contribution in [1.29, 1.82) is 0 Å². The van der Waals surface area contributed by atoms with Gasteiger partial charge in [0.25, 0.3) is 5.56 Å². The molecule has 2 heterocycles. The molecule has 0 aliphatic rings. The van der Waals surface area contributed by atoms with Gasteiger partial charge in [-0.05, 0) is 26.4 Å². The molecule has 0 fully saturated rings. The summed E-state index contributed by atoms with van der Waals surface area (Å²) in [4.78, 5) is 43.9. The Morgan fingerprint density at radius 3 is 2.90 bits per heavy atom. The molecule has 14 nitrogen and oxygen atoms in total. The summed E-state index contributed by atoms with van der Waals surface area (Å²) in [7, 11) is -2.76. The fourth-order valence-corrected chi connectivity index (χ4v) is 3.42. The monoisotopic (exact) mass is 446 g/mol. The van der Waals surface area contributed by atoms with Crippen LogP contribution < -0.4 is 27.4 Å². The lowest BCUT2D eigenvalue weighted by Crippen LogP contribution is -2.41. The summed E-state index contributed by atoms with van der Waals surface area (Å²) >= 11 is 0. The molecule has 2 aromatic rings. The van der Waals surface area contributed by atoms with Gasteiger partial charge in [0.05, 0.1) is 25.6 Å². The number of nitrogens with two attached hydrogens (primary N) is 2. The van der Waals surface area contributed by atoms with Gasteiger partial charge in [0, 0.05) is 0 Å². The number of nitrogens with one attached hydrogen (secondary N) is 3. The van der Waals surface area contributed by atoms with Crippen molar-refractivity contribution >= 4 is 30.8 Å². The number of rotatable bonds is 13. The van der Waals surface area contributed by atoms with Crippen molar-refractivity contribution in [3.8, 4) is 0 Å². The Labute approximate surface area is 171 Å². The van der Waals surface area contributed by atoms with Crippen LogP contribution in [0.2, 0.25) is 0 Å². The van der Waals surface area contributed by atoms with E-state index in [9.17, 15) is 19.0 Å². The van der Waals surface area contributed by atoms with Gasteiger partial charge in [-0.2, -0.15) is 4.98 Å². The molecule has 2 rings (SSSR count). The number of carbonyl (C=O) groups excluding carboxylic acids is 1. The molecule has 1 amide bonds. The highest BCUT2D eigenvalue weighted by Crippen LogP contribution is 2.36. The Morgan fingerprint density at radius 1 is 1.43 bits per heavy atom. The number of imidazole rings is 1. The van der Waals surface area contributed by atoms with E-state index in [0.29, 0.717) is 19.4 Å². The number of amides is 1. The van der Waals surface area contributed by atoms with Crippen LogP contribution in [-0.4, -0.2) is 63.2 Å². The van der Waals surface area contributed by atoms with Crippen LogP contribution in [0.3, 0.4) is 0 Å². The highest BCUT2D eigenvalue weighted by Gasteiger charge is 2.26. The number of nitrogen functional groups attached to an aromatic ring is 1. The summed E-state index contributed by atoms with van der Waals surface area (Å²) < 4.78 is 23.7. The number of carbonyl (C=O) groups is 1. The Morgan fingerprint density at radius 2 is 2.20 bits per heavy atom. The van der Waals surface area contributed by atoms with Gasteiger partial charge in [-0.1, -0.05) is 6.42 Å². The molecule has 0 aromatic carbocycles. The molecule has 2 unspecified atom stereocenters. The zero-order chi connectivity index (χ0) is 22.1. The number of unbranched alkanes of at least 4 members (excludes halogenated alkanes) is 1. The van der Waals surface area contributed by atoms with Crippen molar-refractivity contribution in [3.63, 3.8) is 0 Å². The van der Waals surface area contributed by atoms with Gasteiger partial charge >= 0.3 is 7.75 Å². The van der Waals surface area contributed by atoms with Crippen molar-refractivity contribution in [3.05, 3.63) is 16.7 Å². The number of ether oxygens (including phenoxy) is 1. The lowest BCUT2D eigenvalue weighted by Gasteiger charge is -2.18. The van der Waals surface area contributed by atoms with Crippen LogP contribution in [0, 0.1) is 0 Å². The van der Waals surface area contributed by atoms with Gasteiger partial charge in [0.2, 0.25) is 11.9 Å². The molecular weight excluding hydrogens is 419 g/mol. The van der Waals surface area contributed by atoms with Gasteiger partial charge in [-0.15, -0.1) is 0 Å². The van der Waals surface area contributed by atoms with Crippen LogP contribution >= 0.6 is 7.75 Å². The number of hydrogen-bond acceptors (Lipinski definition) is 10. The minimum absolute atomic E-state index is 0.0409. The molecular formula is C15H27N8O6P. The topological polar surface area (TPSA) is 212 Å². The first-order valence-corrected chi connectivity index (χ1v) is 10.8. The average molecular weight is 446 g/mol. The maximum absolute atomic E-state index is 12.1. The molecule has 0 aliphatic carbocycles. The minimum Gasteiger partial charge on any atom is -0.369 e. The number of fused-ring (bicyclic) bond motifs is 1. The summed E-state index contributed by atoms with van der Waals surface area (Å²) in [5.74, 6) is -0.697. The van der Waals surface area contributed by atoms with Gasteiger partial charge in [-0.25, -0.2) is 9.55 Å². The largest absolute Gasteiger partial charge is 0.432 e. The summed E-state index contributed by atoms with van der Waals surface area (Å²) in [5, 5.41) is 4.78. The Bertz CT molecular complexity index is 947. The molecule has 168 valence electrons. The first-order chi connectivity index (χ1) is 14.3. The predicted octanol–water partition coefficient (Wildman–Crippen LogP) is -1.37. The van der Waals surface area contributed by atoms with Crippen molar-refractivity contribution in [2.24, 2.45) is 5.73 Å². The third kappa shape index (κ3) is 6.86. The van der Waals surface area contributed by atoms with Crippen LogP contribution in [0.4, 0.5) is 5.95 Å². The summed E-state index contributed by atoms with van der Waals surface area (Å²) in [5.41, 5.74) is 10.8. The quantitative estimate of drug-likeness (QED) is 0.156. The highest BCUT2D eigenvalue weighted by atomic mass is 31.2. The zero-order valence-electron chi connectivity index (χ0n) is 16.5. The predicted molar refractivity (Wildman–Crippen MR) is 108 cm³/mol. The van der Waals surface area contributed by atoms with E-state index >= 15 is 0 Å². The first kappa shape index (κ1) is 23.9. The Hall–Kier alpha value is -2.35. The maximum Gasteiger partial charge on any atom is 0.432 e. The molecule has 0 aliphatic heterocycles. The van der Waals surface area contributed by atoms with E-state index in [4.69, 9.17) is 20.7 Å². The van der Waals surface area contributed by atoms with Crippen LogP contribution in [0.15, 0.2) is 11.1 Å². The molecule has 0 bridgehead atoms. The molecule has 0 spiro atoms. The SMILES string of the molecule is CNC(CCCCN)C(=O)NP(=O)(O)OCCOCn1cnc2c(=O)[nH]c(N)nc21. The molecule has 2 aromatic heterocycles. The Balaban J connectivity index is 1.77. The first-order valence-electron chi connectivity index (χ1n) is 9.22. The van der Waals surface area contributed by atoms with Gasteiger partial charge < -0.3 is 26.4 Å². The zero-order valence-corrected chi connectivity index (χ0v) is 17.4. The Kier molecular flexibility index (Phi) is 8.89. The van der Waals surface area contributed by atoms with E-state index in [1.54, 1.807) is 7.05 Å².